The predicted molar refractivity (Wildman–Crippen MR) is 119 cm³/mol. The molecule has 0 unspecified atom stereocenters. The first-order valence-corrected chi connectivity index (χ1v) is 12.0. The molecule has 2 fully saturated rings. The van der Waals surface area contributed by atoms with E-state index < -0.39 is 10.0 Å². The molecule has 0 atom stereocenters. The summed E-state index contributed by atoms with van der Waals surface area (Å²) in [6.07, 6.45) is 1.71. The average molecular weight is 475 g/mol. The fourth-order valence-corrected chi connectivity index (χ4v) is 5.30. The van der Waals surface area contributed by atoms with Gasteiger partial charge in [0.25, 0.3) is 11.8 Å². The van der Waals surface area contributed by atoms with Gasteiger partial charge in [0.2, 0.25) is 10.0 Å². The second-order valence-corrected chi connectivity index (χ2v) is 10.3. The summed E-state index contributed by atoms with van der Waals surface area (Å²) in [4.78, 5) is 32.3. The van der Waals surface area contributed by atoms with Crippen LogP contribution in [-0.2, 0) is 19.6 Å². The number of rotatable bonds is 3. The number of nitrogens with zero attached hydrogens (tertiary/aromatic N) is 2. The van der Waals surface area contributed by atoms with Crippen molar-refractivity contribution in [1.82, 2.24) is 4.90 Å². The Morgan fingerprint density at radius 3 is 2.48 bits per heavy atom. The van der Waals surface area contributed by atoms with Crippen LogP contribution in [0.4, 0.5) is 11.4 Å². The highest BCUT2D eigenvalue weighted by atomic mass is 35.5. The van der Waals surface area contributed by atoms with Gasteiger partial charge in [-0.3, -0.25) is 14.5 Å². The number of primary sulfonamides is 1. The van der Waals surface area contributed by atoms with Crippen LogP contribution in [0.3, 0.4) is 0 Å². The summed E-state index contributed by atoms with van der Waals surface area (Å²) in [5, 5.41) is 8.81. The van der Waals surface area contributed by atoms with E-state index >= 15 is 0 Å². The number of nitrogens with two attached hydrogens (primary N) is 1. The van der Waals surface area contributed by atoms with Crippen molar-refractivity contribution in [2.45, 2.75) is 23.8 Å². The van der Waals surface area contributed by atoms with Crippen molar-refractivity contribution in [2.24, 2.45) is 10.1 Å². The van der Waals surface area contributed by atoms with Crippen molar-refractivity contribution >= 4 is 67.3 Å². The summed E-state index contributed by atoms with van der Waals surface area (Å²) in [5.41, 5.74) is 1.95. The molecule has 0 spiro atoms. The van der Waals surface area contributed by atoms with Crippen LogP contribution in [0, 0.1) is 0 Å². The van der Waals surface area contributed by atoms with Gasteiger partial charge in [0.1, 0.15) is 0 Å². The number of anilines is 1. The molecule has 3 N–H and O–H groups in total. The Labute approximate surface area is 187 Å². The Morgan fingerprint density at radius 1 is 1.13 bits per heavy atom. The zero-order valence-corrected chi connectivity index (χ0v) is 18.2. The van der Waals surface area contributed by atoms with E-state index in [4.69, 9.17) is 16.7 Å². The van der Waals surface area contributed by atoms with Crippen LogP contribution in [0.2, 0.25) is 5.02 Å². The first kappa shape index (κ1) is 20.3. The number of hydrogen-bond donors (Lipinski definition) is 2. The third-order valence-corrected chi connectivity index (χ3v) is 7.29. The predicted octanol–water partition coefficient (Wildman–Crippen LogP) is 3.08. The molecular formula is C20H15ClN4O4S2. The van der Waals surface area contributed by atoms with Gasteiger partial charge in [0.15, 0.2) is 5.17 Å². The normalized spacial score (nSPS) is 22.3. The molecule has 1 saturated heterocycles. The molecule has 2 aromatic rings. The van der Waals surface area contributed by atoms with E-state index in [0.717, 1.165) is 24.6 Å². The quantitative estimate of drug-likeness (QED) is 0.662. The molecule has 2 amide bonds. The number of halogens is 1. The molecule has 2 aromatic carbocycles. The first-order chi connectivity index (χ1) is 14.7. The van der Waals surface area contributed by atoms with Gasteiger partial charge in [0, 0.05) is 22.3 Å². The van der Waals surface area contributed by atoms with Crippen molar-refractivity contribution < 1.29 is 18.0 Å². The Kier molecular flexibility index (Phi) is 4.70. The molecule has 2 aliphatic heterocycles. The molecule has 31 heavy (non-hydrogen) atoms. The topological polar surface area (TPSA) is 122 Å². The number of nitrogens with one attached hydrogen (secondary N) is 1. The van der Waals surface area contributed by atoms with Crippen LogP contribution in [-0.4, -0.2) is 36.3 Å². The van der Waals surface area contributed by atoms with E-state index in [2.05, 4.69) is 10.3 Å². The van der Waals surface area contributed by atoms with E-state index in [-0.39, 0.29) is 28.3 Å². The highest BCUT2D eigenvalue weighted by Gasteiger charge is 2.46. The SMILES string of the molecule is NS(=O)(=O)c1ccc(/N=C2\S/C(=C3\C(=O)Nc4ccc(Cl)cc43)C(=O)N2C2CC2)cc1. The standard InChI is InChI=1S/C20H15ClN4O4S2/c21-10-1-8-15-14(9-10)16(18(26)24-15)17-19(27)25(12-4-5-12)20(30-17)23-11-2-6-13(7-3-11)31(22,28)29/h1-3,6-9,12H,4-5H2,(H,24,26)(H2,22,28,29)/b17-16-,23-20-. The Morgan fingerprint density at radius 2 is 1.84 bits per heavy atom. The van der Waals surface area contributed by atoms with Crippen molar-refractivity contribution in [1.29, 1.82) is 0 Å². The van der Waals surface area contributed by atoms with Crippen molar-refractivity contribution in [3.63, 3.8) is 0 Å². The molecule has 0 radical (unpaired) electrons. The van der Waals surface area contributed by atoms with Gasteiger partial charge in [-0.05, 0) is 67.1 Å². The first-order valence-electron chi connectivity index (χ1n) is 9.31. The molecule has 5 rings (SSSR count). The number of carbonyl (C=O) groups excluding carboxylic acids is 2. The largest absolute Gasteiger partial charge is 0.321 e. The summed E-state index contributed by atoms with van der Waals surface area (Å²) in [5.74, 6) is -0.631. The van der Waals surface area contributed by atoms with Gasteiger partial charge in [-0.15, -0.1) is 0 Å². The van der Waals surface area contributed by atoms with E-state index in [1.165, 1.54) is 24.3 Å². The molecule has 2 heterocycles. The van der Waals surface area contributed by atoms with Crippen molar-refractivity contribution in [3.8, 4) is 0 Å². The van der Waals surface area contributed by atoms with E-state index in [9.17, 15) is 18.0 Å². The number of thioether (sulfide) groups is 1. The minimum atomic E-state index is -3.81. The molecular weight excluding hydrogens is 460 g/mol. The minimum absolute atomic E-state index is 0.0235. The molecule has 3 aliphatic rings. The Balaban J connectivity index is 1.58. The van der Waals surface area contributed by atoms with Crippen molar-refractivity contribution in [3.05, 3.63) is 58.0 Å². The number of aliphatic imine (C=N–C) groups is 1. The zero-order valence-electron chi connectivity index (χ0n) is 15.8. The van der Waals surface area contributed by atoms with Crippen LogP contribution in [0.5, 0.6) is 0 Å². The van der Waals surface area contributed by atoms with E-state index in [1.54, 1.807) is 23.1 Å². The lowest BCUT2D eigenvalue weighted by atomic mass is 10.1. The lowest BCUT2D eigenvalue weighted by Crippen LogP contribution is -2.31. The van der Waals surface area contributed by atoms with Crippen LogP contribution < -0.4 is 10.5 Å². The zero-order chi connectivity index (χ0) is 21.9. The van der Waals surface area contributed by atoms with Crippen LogP contribution in [0.25, 0.3) is 5.57 Å². The van der Waals surface area contributed by atoms with Gasteiger partial charge >= 0.3 is 0 Å². The second-order valence-electron chi connectivity index (χ2n) is 7.29. The van der Waals surface area contributed by atoms with Gasteiger partial charge in [0.05, 0.1) is 21.1 Å². The molecule has 11 heteroatoms. The van der Waals surface area contributed by atoms with Gasteiger partial charge in [-0.25, -0.2) is 18.5 Å². The second kappa shape index (κ2) is 7.20. The Bertz CT molecular complexity index is 1320. The number of benzene rings is 2. The van der Waals surface area contributed by atoms with Crippen LogP contribution >= 0.6 is 23.4 Å². The molecule has 1 aliphatic carbocycles. The maximum atomic E-state index is 13.3. The minimum Gasteiger partial charge on any atom is -0.321 e. The summed E-state index contributed by atoms with van der Waals surface area (Å²) in [6, 6.07) is 10.8. The highest BCUT2D eigenvalue weighted by molar-refractivity contribution is 8.18. The van der Waals surface area contributed by atoms with Crippen LogP contribution in [0.15, 0.2) is 57.3 Å². The third-order valence-electron chi connectivity index (χ3n) is 5.07. The number of amides is 2. The summed E-state index contributed by atoms with van der Waals surface area (Å²) in [6.45, 7) is 0. The number of fused-ring (bicyclic) bond motifs is 1. The number of amidine groups is 1. The third kappa shape index (κ3) is 3.65. The molecule has 0 aromatic heterocycles. The maximum absolute atomic E-state index is 13.3. The average Bonchev–Trinajstić information content (AvgIpc) is 3.42. The van der Waals surface area contributed by atoms with E-state index in [1.807, 2.05) is 0 Å². The van der Waals surface area contributed by atoms with Gasteiger partial charge in [-0.1, -0.05) is 11.6 Å². The molecule has 158 valence electrons. The van der Waals surface area contributed by atoms with Gasteiger partial charge < -0.3 is 5.32 Å². The smallest absolute Gasteiger partial charge is 0.267 e. The van der Waals surface area contributed by atoms with Crippen molar-refractivity contribution in [2.75, 3.05) is 5.32 Å². The molecule has 8 nitrogen and oxygen atoms in total. The Hall–Kier alpha value is -2.66. The lowest BCUT2D eigenvalue weighted by Gasteiger charge is -2.14. The van der Waals surface area contributed by atoms with Gasteiger partial charge in [-0.2, -0.15) is 0 Å². The fourth-order valence-electron chi connectivity index (χ4n) is 3.46. The monoisotopic (exact) mass is 474 g/mol. The summed E-state index contributed by atoms with van der Waals surface area (Å²) < 4.78 is 22.9. The highest BCUT2D eigenvalue weighted by Crippen LogP contribution is 2.46. The summed E-state index contributed by atoms with van der Waals surface area (Å²) >= 11 is 7.24. The number of carbonyl (C=O) groups is 2. The molecule has 1 saturated carbocycles. The van der Waals surface area contributed by atoms with E-state index in [0.29, 0.717) is 32.0 Å². The number of sulfonamides is 1. The fraction of sp³-hybridized carbons (Fsp3) is 0.150. The number of hydrogen-bond acceptors (Lipinski definition) is 6. The van der Waals surface area contributed by atoms with Crippen LogP contribution in [0.1, 0.15) is 18.4 Å². The summed E-state index contributed by atoms with van der Waals surface area (Å²) in [7, 11) is -3.81. The maximum Gasteiger partial charge on any atom is 0.267 e. The molecule has 0 bridgehead atoms. The lowest BCUT2D eigenvalue weighted by molar-refractivity contribution is -0.122.